The fourth-order valence-electron chi connectivity index (χ4n) is 1.45. The molecule has 0 amide bonds. The Bertz CT molecular complexity index is 523. The maximum Gasteiger partial charge on any atom is 0.245 e. The molecule has 0 aliphatic rings. The lowest BCUT2D eigenvalue weighted by Crippen LogP contribution is -2.11. The highest BCUT2D eigenvalue weighted by Gasteiger charge is 2.06. The zero-order valence-electron chi connectivity index (χ0n) is 10.2. The molecule has 6 nitrogen and oxygen atoms in total. The molecule has 0 aliphatic carbocycles. The normalized spacial score (nSPS) is 10.2. The van der Waals surface area contributed by atoms with Gasteiger partial charge in [-0.2, -0.15) is 4.98 Å². The second-order valence-electron chi connectivity index (χ2n) is 3.76. The van der Waals surface area contributed by atoms with Gasteiger partial charge in [0.25, 0.3) is 0 Å². The number of anilines is 2. The molecule has 0 saturated carbocycles. The zero-order chi connectivity index (χ0) is 13.5. The number of nitrogens with zero attached hydrogens (tertiary/aromatic N) is 3. The third-order valence-electron chi connectivity index (χ3n) is 2.34. The van der Waals surface area contributed by atoms with Gasteiger partial charge in [-0.3, -0.25) is 0 Å². The van der Waals surface area contributed by atoms with Gasteiger partial charge in [-0.1, -0.05) is 41.9 Å². The van der Waals surface area contributed by atoms with Crippen LogP contribution >= 0.6 is 11.6 Å². The van der Waals surface area contributed by atoms with Crippen molar-refractivity contribution in [3.63, 3.8) is 0 Å². The first kappa shape index (κ1) is 13.5. The van der Waals surface area contributed by atoms with E-state index >= 15 is 0 Å². The Labute approximate surface area is 115 Å². The van der Waals surface area contributed by atoms with Crippen molar-refractivity contribution in [1.82, 2.24) is 15.2 Å². The fraction of sp³-hybridized carbons (Fsp3) is 0.250. The molecule has 0 bridgehead atoms. The summed E-state index contributed by atoms with van der Waals surface area (Å²) < 4.78 is 0. The van der Waals surface area contributed by atoms with Crippen molar-refractivity contribution >= 4 is 23.4 Å². The van der Waals surface area contributed by atoms with E-state index in [9.17, 15) is 0 Å². The molecule has 100 valence electrons. The smallest absolute Gasteiger partial charge is 0.245 e. The quantitative estimate of drug-likeness (QED) is 0.744. The molecule has 2 rings (SSSR count). The average molecular weight is 280 g/mol. The van der Waals surface area contributed by atoms with Gasteiger partial charge in [0.05, 0.1) is 6.61 Å². The summed E-state index contributed by atoms with van der Waals surface area (Å²) in [6.45, 7) is 0.952. The van der Waals surface area contributed by atoms with E-state index in [1.54, 1.807) is 0 Å². The Morgan fingerprint density at radius 2 is 1.89 bits per heavy atom. The summed E-state index contributed by atoms with van der Waals surface area (Å²) in [4.78, 5) is 4.19. The van der Waals surface area contributed by atoms with Crippen LogP contribution in [0.25, 0.3) is 0 Å². The van der Waals surface area contributed by atoms with E-state index in [-0.39, 0.29) is 11.8 Å². The summed E-state index contributed by atoms with van der Waals surface area (Å²) in [5.74, 6) is 0.787. The largest absolute Gasteiger partial charge is 0.395 e. The molecule has 7 heteroatoms. The van der Waals surface area contributed by atoms with Crippen molar-refractivity contribution in [1.29, 1.82) is 0 Å². The van der Waals surface area contributed by atoms with E-state index in [2.05, 4.69) is 25.8 Å². The molecule has 0 unspecified atom stereocenters. The molecule has 1 aromatic carbocycles. The minimum absolute atomic E-state index is 0.00684. The minimum atomic E-state index is -0.00684. The summed E-state index contributed by atoms with van der Waals surface area (Å²) in [5, 5.41) is 22.5. The lowest BCUT2D eigenvalue weighted by Gasteiger charge is -2.08. The zero-order valence-corrected chi connectivity index (χ0v) is 10.9. The Morgan fingerprint density at radius 1 is 1.11 bits per heavy atom. The van der Waals surface area contributed by atoms with Gasteiger partial charge in [0.1, 0.15) is 0 Å². The highest BCUT2D eigenvalue weighted by atomic mass is 35.5. The van der Waals surface area contributed by atoms with Gasteiger partial charge in [0.15, 0.2) is 11.0 Å². The maximum atomic E-state index is 8.75. The second kappa shape index (κ2) is 6.86. The predicted molar refractivity (Wildman–Crippen MR) is 74.2 cm³/mol. The Morgan fingerprint density at radius 3 is 2.63 bits per heavy atom. The first-order valence-electron chi connectivity index (χ1n) is 5.82. The van der Waals surface area contributed by atoms with Crippen LogP contribution < -0.4 is 10.6 Å². The third-order valence-corrected chi connectivity index (χ3v) is 2.60. The van der Waals surface area contributed by atoms with Crippen molar-refractivity contribution in [2.75, 3.05) is 23.8 Å². The molecule has 0 aliphatic heterocycles. The van der Waals surface area contributed by atoms with Gasteiger partial charge >= 0.3 is 0 Å². The van der Waals surface area contributed by atoms with E-state index in [4.69, 9.17) is 16.7 Å². The summed E-state index contributed by atoms with van der Waals surface area (Å²) in [5.41, 5.74) is 1.12. The summed E-state index contributed by atoms with van der Waals surface area (Å²) in [6.07, 6.45) is 0. The standard InChI is InChI=1S/C12H14ClN5O/c13-10-11(14-6-7-19)16-12(18-17-10)15-8-9-4-2-1-3-5-9/h1-5,19H,6-8H2,(H2,14,15,16,18). The van der Waals surface area contributed by atoms with E-state index in [1.165, 1.54) is 0 Å². The lowest BCUT2D eigenvalue weighted by molar-refractivity contribution is 0.311. The molecule has 0 saturated heterocycles. The van der Waals surface area contributed by atoms with Crippen LogP contribution in [0.3, 0.4) is 0 Å². The Kier molecular flexibility index (Phi) is 4.88. The van der Waals surface area contributed by atoms with E-state index in [1.807, 2.05) is 30.3 Å². The Hall–Kier alpha value is -1.92. The lowest BCUT2D eigenvalue weighted by atomic mass is 10.2. The number of aromatic nitrogens is 3. The molecule has 0 radical (unpaired) electrons. The molecule has 3 N–H and O–H groups in total. The monoisotopic (exact) mass is 279 g/mol. The topological polar surface area (TPSA) is 83.0 Å². The van der Waals surface area contributed by atoms with Crippen LogP contribution in [-0.4, -0.2) is 33.4 Å². The number of halogens is 1. The number of aliphatic hydroxyl groups is 1. The number of aliphatic hydroxyl groups excluding tert-OH is 1. The number of hydrogen-bond acceptors (Lipinski definition) is 6. The van der Waals surface area contributed by atoms with E-state index in [0.29, 0.717) is 24.9 Å². The van der Waals surface area contributed by atoms with Crippen LogP contribution in [0.1, 0.15) is 5.56 Å². The second-order valence-corrected chi connectivity index (χ2v) is 4.12. The van der Waals surface area contributed by atoms with Crippen LogP contribution in [0, 0.1) is 0 Å². The van der Waals surface area contributed by atoms with Crippen LogP contribution in [0.15, 0.2) is 30.3 Å². The van der Waals surface area contributed by atoms with Crippen molar-refractivity contribution in [3.8, 4) is 0 Å². The number of hydrogen-bond donors (Lipinski definition) is 3. The van der Waals surface area contributed by atoms with Gasteiger partial charge in [-0.15, -0.1) is 10.2 Å². The molecule has 0 spiro atoms. The minimum Gasteiger partial charge on any atom is -0.395 e. The first-order chi connectivity index (χ1) is 9.29. The predicted octanol–water partition coefficient (Wildman–Crippen LogP) is 1.54. The SMILES string of the molecule is OCCNc1nc(NCc2ccccc2)nnc1Cl. The van der Waals surface area contributed by atoms with Crippen molar-refractivity contribution in [2.24, 2.45) is 0 Å². The van der Waals surface area contributed by atoms with Crippen molar-refractivity contribution in [3.05, 3.63) is 41.0 Å². The van der Waals surface area contributed by atoms with Crippen LogP contribution in [0.4, 0.5) is 11.8 Å². The summed E-state index contributed by atoms with van der Waals surface area (Å²) in [6, 6.07) is 9.89. The van der Waals surface area contributed by atoms with Crippen molar-refractivity contribution < 1.29 is 5.11 Å². The van der Waals surface area contributed by atoms with Crippen molar-refractivity contribution in [2.45, 2.75) is 6.54 Å². The number of rotatable bonds is 6. The summed E-state index contributed by atoms with van der Waals surface area (Å²) >= 11 is 5.84. The van der Waals surface area contributed by atoms with Crippen LogP contribution in [0.2, 0.25) is 5.15 Å². The van der Waals surface area contributed by atoms with Crippen LogP contribution in [-0.2, 0) is 6.54 Å². The van der Waals surface area contributed by atoms with Gasteiger partial charge in [-0.05, 0) is 5.56 Å². The molecular weight excluding hydrogens is 266 g/mol. The Balaban J connectivity index is 2.00. The van der Waals surface area contributed by atoms with E-state index in [0.717, 1.165) is 5.56 Å². The molecule has 0 fully saturated rings. The number of nitrogens with one attached hydrogen (secondary N) is 2. The highest BCUT2D eigenvalue weighted by molar-refractivity contribution is 6.31. The molecule has 1 heterocycles. The van der Waals surface area contributed by atoms with Crippen LogP contribution in [0.5, 0.6) is 0 Å². The summed E-state index contributed by atoms with van der Waals surface area (Å²) in [7, 11) is 0. The molecule has 2 aromatic rings. The van der Waals surface area contributed by atoms with Gasteiger partial charge < -0.3 is 15.7 Å². The maximum absolute atomic E-state index is 8.75. The molecule has 1 aromatic heterocycles. The molecular formula is C12H14ClN5O. The first-order valence-corrected chi connectivity index (χ1v) is 6.20. The van der Waals surface area contributed by atoms with E-state index < -0.39 is 0 Å². The fourth-order valence-corrected chi connectivity index (χ4v) is 1.60. The van der Waals surface area contributed by atoms with Gasteiger partial charge in [0, 0.05) is 13.1 Å². The highest BCUT2D eigenvalue weighted by Crippen LogP contribution is 2.16. The van der Waals surface area contributed by atoms with Gasteiger partial charge in [0.2, 0.25) is 5.95 Å². The number of benzene rings is 1. The average Bonchev–Trinajstić information content (AvgIpc) is 2.46. The van der Waals surface area contributed by atoms with Gasteiger partial charge in [-0.25, -0.2) is 0 Å². The molecule has 19 heavy (non-hydrogen) atoms. The molecule has 0 atom stereocenters. The third kappa shape index (κ3) is 4.04.